The third-order valence-electron chi connectivity index (χ3n) is 4.87. The molecule has 30 heavy (non-hydrogen) atoms. The number of anilines is 1. The van der Waals surface area contributed by atoms with Gasteiger partial charge < -0.3 is 10.1 Å². The van der Waals surface area contributed by atoms with E-state index in [9.17, 15) is 4.79 Å². The molecule has 5 heteroatoms. The molecule has 2 aromatic carbocycles. The molecule has 0 atom stereocenters. The molecular weight excluding hydrogens is 374 g/mol. The molecular formula is C25H23N3O2. The van der Waals surface area contributed by atoms with Gasteiger partial charge in [-0.05, 0) is 60.0 Å². The highest BCUT2D eigenvalue weighted by Crippen LogP contribution is 2.23. The smallest absolute Gasteiger partial charge is 0.262 e. The van der Waals surface area contributed by atoms with Crippen molar-refractivity contribution in [3.63, 3.8) is 0 Å². The molecule has 1 aromatic heterocycles. The van der Waals surface area contributed by atoms with Gasteiger partial charge in [-0.15, -0.1) is 0 Å². The topological polar surface area (TPSA) is 56.2 Å². The maximum atomic E-state index is 12.2. The lowest BCUT2D eigenvalue weighted by Gasteiger charge is -2.10. The molecule has 0 aliphatic heterocycles. The highest BCUT2D eigenvalue weighted by molar-refractivity contribution is 5.92. The maximum absolute atomic E-state index is 12.2. The Bertz CT molecular complexity index is 1100. The Kier molecular flexibility index (Phi) is 5.90. The SMILES string of the molecule is Cn1nccc1-c1ccc(OCC(=O)Nc2ccc(C3=CC=CC=CC3)cc2)cc1. The molecule has 1 amide bonds. The molecule has 1 aliphatic rings. The lowest BCUT2D eigenvalue weighted by Crippen LogP contribution is -2.20. The number of amides is 1. The van der Waals surface area contributed by atoms with Gasteiger partial charge in [-0.3, -0.25) is 9.48 Å². The summed E-state index contributed by atoms with van der Waals surface area (Å²) < 4.78 is 7.43. The number of rotatable bonds is 6. The summed E-state index contributed by atoms with van der Waals surface area (Å²) in [7, 11) is 1.90. The van der Waals surface area contributed by atoms with Crippen molar-refractivity contribution in [1.29, 1.82) is 0 Å². The maximum Gasteiger partial charge on any atom is 0.262 e. The van der Waals surface area contributed by atoms with Crippen molar-refractivity contribution in [2.45, 2.75) is 6.42 Å². The Balaban J connectivity index is 1.30. The summed E-state index contributed by atoms with van der Waals surface area (Å²) in [6, 6.07) is 17.4. The van der Waals surface area contributed by atoms with Crippen LogP contribution in [-0.4, -0.2) is 22.3 Å². The molecule has 0 saturated heterocycles. The summed E-state index contributed by atoms with van der Waals surface area (Å²) in [5.41, 5.74) is 5.21. The van der Waals surface area contributed by atoms with E-state index in [2.05, 4.69) is 22.6 Å². The zero-order valence-corrected chi connectivity index (χ0v) is 16.8. The van der Waals surface area contributed by atoms with Crippen molar-refractivity contribution in [1.82, 2.24) is 9.78 Å². The number of benzene rings is 2. The van der Waals surface area contributed by atoms with Crippen molar-refractivity contribution < 1.29 is 9.53 Å². The summed E-state index contributed by atoms with van der Waals surface area (Å²) in [6.45, 7) is -0.0481. The van der Waals surface area contributed by atoms with Gasteiger partial charge in [-0.1, -0.05) is 42.5 Å². The van der Waals surface area contributed by atoms with Gasteiger partial charge in [-0.2, -0.15) is 5.10 Å². The number of aryl methyl sites for hydroxylation is 1. The lowest BCUT2D eigenvalue weighted by atomic mass is 10.0. The first-order valence-corrected chi connectivity index (χ1v) is 9.83. The number of nitrogens with one attached hydrogen (secondary N) is 1. The number of ether oxygens (including phenoxy) is 1. The van der Waals surface area contributed by atoms with E-state index in [1.165, 1.54) is 5.57 Å². The quantitative estimate of drug-likeness (QED) is 0.637. The van der Waals surface area contributed by atoms with Crippen molar-refractivity contribution in [2.24, 2.45) is 7.05 Å². The van der Waals surface area contributed by atoms with Crippen LogP contribution in [0.15, 0.2) is 91.2 Å². The van der Waals surface area contributed by atoms with Crippen LogP contribution < -0.4 is 10.1 Å². The van der Waals surface area contributed by atoms with Gasteiger partial charge in [0.1, 0.15) is 5.75 Å². The molecule has 0 unspecified atom stereocenters. The van der Waals surface area contributed by atoms with Crippen LogP contribution >= 0.6 is 0 Å². The second-order valence-electron chi connectivity index (χ2n) is 6.99. The first kappa shape index (κ1) is 19.5. The number of aromatic nitrogens is 2. The molecule has 0 saturated carbocycles. The van der Waals surface area contributed by atoms with Gasteiger partial charge in [0, 0.05) is 24.5 Å². The van der Waals surface area contributed by atoms with Gasteiger partial charge in [0.2, 0.25) is 0 Å². The zero-order chi connectivity index (χ0) is 20.8. The van der Waals surface area contributed by atoms with Crippen LogP contribution in [0.4, 0.5) is 5.69 Å². The molecule has 1 heterocycles. The van der Waals surface area contributed by atoms with E-state index in [4.69, 9.17) is 4.74 Å². The monoisotopic (exact) mass is 397 g/mol. The summed E-state index contributed by atoms with van der Waals surface area (Å²) >= 11 is 0. The molecule has 4 rings (SSSR count). The van der Waals surface area contributed by atoms with E-state index in [-0.39, 0.29) is 12.5 Å². The molecule has 150 valence electrons. The van der Waals surface area contributed by atoms with E-state index < -0.39 is 0 Å². The summed E-state index contributed by atoms with van der Waals surface area (Å²) in [5.74, 6) is 0.450. The predicted molar refractivity (Wildman–Crippen MR) is 120 cm³/mol. The molecule has 0 radical (unpaired) electrons. The zero-order valence-electron chi connectivity index (χ0n) is 16.8. The fraction of sp³-hybridized carbons (Fsp3) is 0.120. The first-order chi connectivity index (χ1) is 14.7. The molecule has 3 aromatic rings. The van der Waals surface area contributed by atoms with Crippen LogP contribution in [0.5, 0.6) is 5.75 Å². The second kappa shape index (κ2) is 9.09. The lowest BCUT2D eigenvalue weighted by molar-refractivity contribution is -0.118. The Morgan fingerprint density at radius 2 is 1.77 bits per heavy atom. The number of hydrogen-bond acceptors (Lipinski definition) is 3. The fourth-order valence-electron chi connectivity index (χ4n) is 3.28. The minimum Gasteiger partial charge on any atom is -0.484 e. The number of nitrogens with zero attached hydrogens (tertiary/aromatic N) is 2. The Morgan fingerprint density at radius 3 is 2.50 bits per heavy atom. The van der Waals surface area contributed by atoms with Crippen LogP contribution in [-0.2, 0) is 11.8 Å². The van der Waals surface area contributed by atoms with Crippen LogP contribution in [0.1, 0.15) is 12.0 Å². The predicted octanol–water partition coefficient (Wildman–Crippen LogP) is 5.00. The molecule has 0 fully saturated rings. The summed E-state index contributed by atoms with van der Waals surface area (Å²) in [5, 5.41) is 7.05. The highest BCUT2D eigenvalue weighted by Gasteiger charge is 2.07. The number of carbonyl (C=O) groups is 1. The van der Waals surface area contributed by atoms with Crippen molar-refractivity contribution in [2.75, 3.05) is 11.9 Å². The minimum atomic E-state index is -0.196. The van der Waals surface area contributed by atoms with Gasteiger partial charge in [0.15, 0.2) is 6.61 Å². The fourth-order valence-corrected chi connectivity index (χ4v) is 3.28. The van der Waals surface area contributed by atoms with E-state index in [0.717, 1.165) is 28.9 Å². The number of hydrogen-bond donors (Lipinski definition) is 1. The Hall–Kier alpha value is -3.86. The second-order valence-corrected chi connectivity index (χ2v) is 6.99. The standard InChI is InChI=1S/C25H23N3O2/c1-28-24(16-17-26-28)21-10-14-23(15-11-21)30-18-25(29)27-22-12-8-20(9-13-22)19-6-4-2-3-5-7-19/h2-6,8-17H,7,18H2,1H3,(H,27,29). The molecule has 0 spiro atoms. The van der Waals surface area contributed by atoms with E-state index in [0.29, 0.717) is 5.75 Å². The Labute approximate surface area is 176 Å². The minimum absolute atomic E-state index is 0.0481. The largest absolute Gasteiger partial charge is 0.484 e. The van der Waals surface area contributed by atoms with Crippen LogP contribution in [0, 0.1) is 0 Å². The van der Waals surface area contributed by atoms with Crippen molar-refractivity contribution in [3.05, 3.63) is 96.7 Å². The van der Waals surface area contributed by atoms with E-state index in [1.807, 2.05) is 84.6 Å². The summed E-state index contributed by atoms with van der Waals surface area (Å²) in [6.07, 6.45) is 13.0. The molecule has 0 bridgehead atoms. The average molecular weight is 397 g/mol. The number of allylic oxidation sites excluding steroid dienone is 6. The summed E-state index contributed by atoms with van der Waals surface area (Å²) in [4.78, 5) is 12.2. The molecule has 1 N–H and O–H groups in total. The van der Waals surface area contributed by atoms with Crippen LogP contribution in [0.25, 0.3) is 16.8 Å². The van der Waals surface area contributed by atoms with Gasteiger partial charge in [-0.25, -0.2) is 0 Å². The Morgan fingerprint density at radius 1 is 1.00 bits per heavy atom. The molecule has 1 aliphatic carbocycles. The normalized spacial score (nSPS) is 12.9. The molecule has 5 nitrogen and oxygen atoms in total. The third-order valence-corrected chi connectivity index (χ3v) is 4.87. The van der Waals surface area contributed by atoms with Crippen molar-refractivity contribution >= 4 is 17.2 Å². The van der Waals surface area contributed by atoms with Crippen LogP contribution in [0.2, 0.25) is 0 Å². The number of carbonyl (C=O) groups excluding carboxylic acids is 1. The van der Waals surface area contributed by atoms with E-state index in [1.54, 1.807) is 6.20 Å². The van der Waals surface area contributed by atoms with Gasteiger partial charge in [0.05, 0.1) is 5.69 Å². The van der Waals surface area contributed by atoms with Gasteiger partial charge in [0.25, 0.3) is 5.91 Å². The third kappa shape index (κ3) is 4.75. The van der Waals surface area contributed by atoms with E-state index >= 15 is 0 Å². The highest BCUT2D eigenvalue weighted by atomic mass is 16.5. The van der Waals surface area contributed by atoms with Gasteiger partial charge >= 0.3 is 0 Å². The van der Waals surface area contributed by atoms with Crippen LogP contribution in [0.3, 0.4) is 0 Å². The van der Waals surface area contributed by atoms with Crippen molar-refractivity contribution in [3.8, 4) is 17.0 Å². The average Bonchev–Trinajstić information content (AvgIpc) is 3.02. The first-order valence-electron chi connectivity index (χ1n) is 9.83.